The molecule has 0 fully saturated rings. The van der Waals surface area contributed by atoms with Crippen LogP contribution in [0.25, 0.3) is 0 Å². The van der Waals surface area contributed by atoms with E-state index in [9.17, 15) is 0 Å². The summed E-state index contributed by atoms with van der Waals surface area (Å²) in [6.45, 7) is 8.91. The highest BCUT2D eigenvalue weighted by Gasteiger charge is 1.97. The number of imidazole rings is 2. The molecule has 2 rings (SSSR count). The Bertz CT molecular complexity index is 647. The van der Waals surface area contributed by atoms with E-state index in [1.807, 2.05) is 24.9 Å². The van der Waals surface area contributed by atoms with Gasteiger partial charge in [0.1, 0.15) is 5.82 Å². The molecule has 4 heteroatoms. The average molecular weight is 487 g/mol. The van der Waals surface area contributed by atoms with Gasteiger partial charge in [-0.25, -0.2) is 9.97 Å². The molecule has 0 bridgehead atoms. The van der Waals surface area contributed by atoms with Crippen LogP contribution in [0.15, 0.2) is 31.1 Å². The molecule has 0 unspecified atom stereocenters. The molecule has 0 saturated carbocycles. The van der Waals surface area contributed by atoms with Crippen LogP contribution in [0.4, 0.5) is 0 Å². The van der Waals surface area contributed by atoms with Crippen molar-refractivity contribution in [2.45, 2.75) is 162 Å². The molecule has 0 aliphatic rings. The van der Waals surface area contributed by atoms with Crippen LogP contribution in [0.2, 0.25) is 0 Å². The molecule has 2 aromatic heterocycles. The Balaban J connectivity index is 0.000000351. The largest absolute Gasteiger partial charge is 0.337 e. The van der Waals surface area contributed by atoms with Gasteiger partial charge in [0.15, 0.2) is 0 Å². The fourth-order valence-corrected chi connectivity index (χ4v) is 4.61. The summed E-state index contributed by atoms with van der Waals surface area (Å²) in [5.41, 5.74) is 0. The van der Waals surface area contributed by atoms with Gasteiger partial charge in [-0.2, -0.15) is 0 Å². The van der Waals surface area contributed by atoms with E-state index in [4.69, 9.17) is 0 Å². The van der Waals surface area contributed by atoms with Crippen LogP contribution in [0.5, 0.6) is 0 Å². The van der Waals surface area contributed by atoms with E-state index in [1.165, 1.54) is 128 Å². The van der Waals surface area contributed by atoms with Gasteiger partial charge in [-0.1, -0.05) is 129 Å². The second-order valence-electron chi connectivity index (χ2n) is 10.3. The minimum absolute atomic E-state index is 1.14. The summed E-state index contributed by atoms with van der Waals surface area (Å²) < 4.78 is 4.43. The predicted molar refractivity (Wildman–Crippen MR) is 153 cm³/mol. The van der Waals surface area contributed by atoms with E-state index in [2.05, 4.69) is 46.1 Å². The molecular weight excluding hydrogens is 428 g/mol. The second kappa shape index (κ2) is 24.1. The van der Waals surface area contributed by atoms with Crippen LogP contribution in [0.3, 0.4) is 0 Å². The van der Waals surface area contributed by atoms with E-state index < -0.39 is 0 Å². The molecule has 2 aromatic rings. The maximum atomic E-state index is 4.24. The topological polar surface area (TPSA) is 35.6 Å². The first kappa shape index (κ1) is 31.4. The Labute approximate surface area is 218 Å². The van der Waals surface area contributed by atoms with Gasteiger partial charge in [-0.05, 0) is 19.8 Å². The molecule has 0 atom stereocenters. The minimum Gasteiger partial charge on any atom is -0.337 e. The first-order chi connectivity index (χ1) is 17.3. The van der Waals surface area contributed by atoms with E-state index in [0.717, 1.165) is 18.9 Å². The summed E-state index contributed by atoms with van der Waals surface area (Å²) in [5.74, 6) is 1.14. The molecule has 0 aliphatic carbocycles. The molecule has 0 spiro atoms. The van der Waals surface area contributed by atoms with Crippen LogP contribution >= 0.6 is 0 Å². The fraction of sp³-hybridized carbons (Fsp3) is 0.806. The monoisotopic (exact) mass is 486 g/mol. The number of aromatic nitrogens is 4. The van der Waals surface area contributed by atoms with Gasteiger partial charge in [0.2, 0.25) is 0 Å². The first-order valence-electron chi connectivity index (χ1n) is 15.2. The highest BCUT2D eigenvalue weighted by atomic mass is 15.0. The van der Waals surface area contributed by atoms with Crippen molar-refractivity contribution in [2.75, 3.05) is 0 Å². The van der Waals surface area contributed by atoms with Gasteiger partial charge in [0.25, 0.3) is 0 Å². The van der Waals surface area contributed by atoms with Crippen LogP contribution in [-0.2, 0) is 13.1 Å². The van der Waals surface area contributed by atoms with Crippen molar-refractivity contribution in [3.05, 3.63) is 36.9 Å². The number of hydrogen-bond donors (Lipinski definition) is 0. The predicted octanol–water partition coefficient (Wildman–Crippen LogP) is 9.92. The lowest BCUT2D eigenvalue weighted by molar-refractivity contribution is 0.531. The van der Waals surface area contributed by atoms with Crippen LogP contribution < -0.4 is 0 Å². The lowest BCUT2D eigenvalue weighted by atomic mass is 10.1. The summed E-state index contributed by atoms with van der Waals surface area (Å²) in [6.07, 6.45) is 37.9. The highest BCUT2D eigenvalue weighted by Crippen LogP contribution is 2.12. The Morgan fingerprint density at radius 2 is 1.00 bits per heavy atom. The third-order valence-corrected chi connectivity index (χ3v) is 7.01. The smallest absolute Gasteiger partial charge is 0.105 e. The van der Waals surface area contributed by atoms with Gasteiger partial charge >= 0.3 is 0 Å². The first-order valence-corrected chi connectivity index (χ1v) is 15.2. The maximum Gasteiger partial charge on any atom is 0.105 e. The van der Waals surface area contributed by atoms with Crippen LogP contribution in [-0.4, -0.2) is 19.1 Å². The molecular formula is C31H58N4. The molecule has 0 aliphatic heterocycles. The number of rotatable bonds is 22. The van der Waals surface area contributed by atoms with Crippen molar-refractivity contribution in [2.24, 2.45) is 0 Å². The van der Waals surface area contributed by atoms with Crippen molar-refractivity contribution >= 4 is 0 Å². The van der Waals surface area contributed by atoms with Gasteiger partial charge in [0.05, 0.1) is 6.33 Å². The van der Waals surface area contributed by atoms with Crippen molar-refractivity contribution < 1.29 is 0 Å². The second-order valence-corrected chi connectivity index (χ2v) is 10.3. The highest BCUT2D eigenvalue weighted by molar-refractivity contribution is 4.87. The molecule has 0 N–H and O–H groups in total. The maximum absolute atomic E-state index is 4.24. The molecule has 4 nitrogen and oxygen atoms in total. The number of unbranched alkanes of at least 4 members (excludes halogenated alkanes) is 18. The molecule has 35 heavy (non-hydrogen) atoms. The number of hydrogen-bond acceptors (Lipinski definition) is 2. The van der Waals surface area contributed by atoms with Crippen LogP contribution in [0, 0.1) is 6.92 Å². The third-order valence-electron chi connectivity index (χ3n) is 7.01. The number of aryl methyl sites for hydroxylation is 3. The normalized spacial score (nSPS) is 10.9. The SMILES string of the molecule is CCCCCCCCCCCCn1ccnc1.CCCCCCCCCCCCn1ccnc1C. The quantitative estimate of drug-likeness (QED) is 0.155. The van der Waals surface area contributed by atoms with E-state index in [0.29, 0.717) is 0 Å². The van der Waals surface area contributed by atoms with Crippen molar-refractivity contribution in [3.8, 4) is 0 Å². The summed E-state index contributed by atoms with van der Waals surface area (Å²) in [7, 11) is 0. The summed E-state index contributed by atoms with van der Waals surface area (Å²) in [4.78, 5) is 8.29. The number of nitrogens with zero attached hydrogens (tertiary/aromatic N) is 4. The molecule has 2 heterocycles. The molecule has 0 radical (unpaired) electrons. The third kappa shape index (κ3) is 19.3. The Hall–Kier alpha value is -1.58. The van der Waals surface area contributed by atoms with Gasteiger partial charge < -0.3 is 9.13 Å². The zero-order chi connectivity index (χ0) is 25.2. The van der Waals surface area contributed by atoms with Gasteiger partial charge in [-0.15, -0.1) is 0 Å². The van der Waals surface area contributed by atoms with E-state index in [-0.39, 0.29) is 0 Å². The fourth-order valence-electron chi connectivity index (χ4n) is 4.61. The lowest BCUT2D eigenvalue weighted by Gasteiger charge is -2.05. The molecule has 0 aromatic carbocycles. The van der Waals surface area contributed by atoms with Crippen LogP contribution in [0.1, 0.15) is 148 Å². The van der Waals surface area contributed by atoms with Crippen molar-refractivity contribution in [1.29, 1.82) is 0 Å². The zero-order valence-electron chi connectivity index (χ0n) is 23.7. The zero-order valence-corrected chi connectivity index (χ0v) is 23.7. The van der Waals surface area contributed by atoms with Crippen molar-refractivity contribution in [1.82, 2.24) is 19.1 Å². The van der Waals surface area contributed by atoms with Gasteiger partial charge in [0, 0.05) is 37.9 Å². The van der Waals surface area contributed by atoms with E-state index >= 15 is 0 Å². The van der Waals surface area contributed by atoms with Gasteiger partial charge in [-0.3, -0.25) is 0 Å². The average Bonchev–Trinajstić information content (AvgIpc) is 3.54. The Morgan fingerprint density at radius 3 is 1.40 bits per heavy atom. The molecule has 0 amide bonds. The Kier molecular flexibility index (Phi) is 21.7. The Morgan fingerprint density at radius 1 is 0.543 bits per heavy atom. The summed E-state index contributed by atoms with van der Waals surface area (Å²) in [5, 5.41) is 0. The summed E-state index contributed by atoms with van der Waals surface area (Å²) >= 11 is 0. The van der Waals surface area contributed by atoms with E-state index in [1.54, 1.807) is 0 Å². The molecule has 0 saturated heterocycles. The minimum atomic E-state index is 1.14. The summed E-state index contributed by atoms with van der Waals surface area (Å²) in [6, 6.07) is 0. The van der Waals surface area contributed by atoms with Crippen molar-refractivity contribution in [3.63, 3.8) is 0 Å². The standard InChI is InChI=1S/C16H30N2.C15H28N2/c1-3-4-5-6-7-8-9-10-11-12-14-18-15-13-17-16(18)2;1-2-3-4-5-6-7-8-9-10-11-13-17-14-12-16-15-17/h13,15H,3-12,14H2,1-2H3;12,14-15H,2-11,13H2,1H3. The molecule has 202 valence electrons. The lowest BCUT2D eigenvalue weighted by Crippen LogP contribution is -1.98.